The SMILES string of the molecule is CCc1ccc(CN2CCOCC2C(=O)O)o1. The summed E-state index contributed by atoms with van der Waals surface area (Å²) in [6.07, 6.45) is 0.853. The lowest BCUT2D eigenvalue weighted by Gasteiger charge is -2.31. The van der Waals surface area contributed by atoms with E-state index in [0.29, 0.717) is 19.7 Å². The number of furan rings is 1. The number of rotatable bonds is 4. The van der Waals surface area contributed by atoms with Gasteiger partial charge in [-0.2, -0.15) is 0 Å². The molecule has 2 heterocycles. The van der Waals surface area contributed by atoms with Crippen molar-refractivity contribution >= 4 is 5.97 Å². The molecule has 1 aliphatic rings. The first-order valence-corrected chi connectivity index (χ1v) is 5.83. The van der Waals surface area contributed by atoms with Crippen molar-refractivity contribution in [3.8, 4) is 0 Å². The summed E-state index contributed by atoms with van der Waals surface area (Å²) in [5.41, 5.74) is 0. The van der Waals surface area contributed by atoms with Crippen LogP contribution in [0.2, 0.25) is 0 Å². The van der Waals surface area contributed by atoms with Crippen molar-refractivity contribution in [1.29, 1.82) is 0 Å². The number of hydrogen-bond donors (Lipinski definition) is 1. The molecule has 1 fully saturated rings. The molecule has 94 valence electrons. The molecule has 0 aromatic carbocycles. The summed E-state index contributed by atoms with van der Waals surface area (Å²) in [6, 6.07) is 3.28. The molecule has 1 aliphatic heterocycles. The number of carboxylic acids is 1. The Bertz CT molecular complexity index is 388. The Balaban J connectivity index is 2.02. The molecule has 1 N–H and O–H groups in total. The Hall–Kier alpha value is -1.33. The van der Waals surface area contributed by atoms with E-state index < -0.39 is 12.0 Å². The van der Waals surface area contributed by atoms with Crippen molar-refractivity contribution < 1.29 is 19.1 Å². The third-order valence-corrected chi connectivity index (χ3v) is 2.95. The molecule has 1 saturated heterocycles. The highest BCUT2D eigenvalue weighted by Gasteiger charge is 2.29. The number of ether oxygens (including phenoxy) is 1. The van der Waals surface area contributed by atoms with E-state index in [9.17, 15) is 4.79 Å². The second-order valence-corrected chi connectivity index (χ2v) is 4.12. The summed E-state index contributed by atoms with van der Waals surface area (Å²) < 4.78 is 10.8. The van der Waals surface area contributed by atoms with Crippen LogP contribution in [0.5, 0.6) is 0 Å². The first-order chi connectivity index (χ1) is 8.20. The smallest absolute Gasteiger partial charge is 0.323 e. The minimum absolute atomic E-state index is 0.247. The fourth-order valence-corrected chi connectivity index (χ4v) is 1.95. The van der Waals surface area contributed by atoms with E-state index in [4.69, 9.17) is 14.3 Å². The van der Waals surface area contributed by atoms with E-state index in [0.717, 1.165) is 17.9 Å². The molecular weight excluding hydrogens is 222 g/mol. The standard InChI is InChI=1S/C12H17NO4/c1-2-9-3-4-10(17-9)7-13-5-6-16-8-11(13)12(14)15/h3-4,11H,2,5-8H2,1H3,(H,14,15). The first-order valence-electron chi connectivity index (χ1n) is 5.83. The third-order valence-electron chi connectivity index (χ3n) is 2.95. The van der Waals surface area contributed by atoms with E-state index in [-0.39, 0.29) is 6.61 Å². The van der Waals surface area contributed by atoms with Crippen molar-refractivity contribution in [1.82, 2.24) is 4.90 Å². The minimum Gasteiger partial charge on any atom is -0.480 e. The average molecular weight is 239 g/mol. The molecule has 5 nitrogen and oxygen atoms in total. The zero-order chi connectivity index (χ0) is 12.3. The molecule has 0 bridgehead atoms. The van der Waals surface area contributed by atoms with Gasteiger partial charge in [-0.1, -0.05) is 6.92 Å². The molecule has 1 aromatic heterocycles. The molecule has 0 amide bonds. The Labute approximate surface area is 100.0 Å². The Morgan fingerprint density at radius 3 is 2.94 bits per heavy atom. The van der Waals surface area contributed by atoms with Crippen molar-refractivity contribution in [3.05, 3.63) is 23.7 Å². The predicted octanol–water partition coefficient (Wildman–Crippen LogP) is 1.13. The summed E-state index contributed by atoms with van der Waals surface area (Å²) in [4.78, 5) is 12.9. The Morgan fingerprint density at radius 1 is 1.53 bits per heavy atom. The number of aliphatic carboxylic acids is 1. The van der Waals surface area contributed by atoms with Gasteiger partial charge in [0.15, 0.2) is 0 Å². The summed E-state index contributed by atoms with van der Waals surface area (Å²) >= 11 is 0. The van der Waals surface area contributed by atoms with Crippen molar-refractivity contribution in [2.45, 2.75) is 25.9 Å². The van der Waals surface area contributed by atoms with Crippen LogP contribution in [-0.4, -0.2) is 41.8 Å². The van der Waals surface area contributed by atoms with Crippen LogP contribution in [0.4, 0.5) is 0 Å². The summed E-state index contributed by atoms with van der Waals surface area (Å²) in [7, 11) is 0. The van der Waals surface area contributed by atoms with Crippen molar-refractivity contribution in [3.63, 3.8) is 0 Å². The maximum absolute atomic E-state index is 11.1. The van der Waals surface area contributed by atoms with E-state index >= 15 is 0 Å². The fourth-order valence-electron chi connectivity index (χ4n) is 1.95. The number of morpholine rings is 1. The highest BCUT2D eigenvalue weighted by atomic mass is 16.5. The number of hydrogen-bond acceptors (Lipinski definition) is 4. The molecule has 0 aliphatic carbocycles. The van der Waals surface area contributed by atoms with Crippen LogP contribution >= 0.6 is 0 Å². The van der Waals surface area contributed by atoms with Gasteiger partial charge in [0, 0.05) is 13.0 Å². The summed E-state index contributed by atoms with van der Waals surface area (Å²) in [5, 5.41) is 9.09. The van der Waals surface area contributed by atoms with Gasteiger partial charge in [0.1, 0.15) is 17.6 Å². The van der Waals surface area contributed by atoms with Crippen LogP contribution in [0, 0.1) is 0 Å². The highest BCUT2D eigenvalue weighted by Crippen LogP contribution is 2.15. The van der Waals surface area contributed by atoms with Gasteiger partial charge in [-0.05, 0) is 12.1 Å². The third kappa shape index (κ3) is 2.87. The topological polar surface area (TPSA) is 62.9 Å². The molecule has 1 aromatic rings. The maximum Gasteiger partial charge on any atom is 0.323 e. The zero-order valence-corrected chi connectivity index (χ0v) is 9.89. The number of nitrogens with zero attached hydrogens (tertiary/aromatic N) is 1. The van der Waals surface area contributed by atoms with Gasteiger partial charge >= 0.3 is 5.97 Å². The van der Waals surface area contributed by atoms with Crippen LogP contribution in [-0.2, 0) is 22.5 Å². The van der Waals surface area contributed by atoms with Crippen LogP contribution in [0.1, 0.15) is 18.4 Å². The van der Waals surface area contributed by atoms with Gasteiger partial charge in [0.25, 0.3) is 0 Å². The van der Waals surface area contributed by atoms with Crippen LogP contribution < -0.4 is 0 Å². The summed E-state index contributed by atoms with van der Waals surface area (Å²) in [5.74, 6) is 0.905. The van der Waals surface area contributed by atoms with Crippen LogP contribution in [0.15, 0.2) is 16.5 Å². The quantitative estimate of drug-likeness (QED) is 0.853. The second-order valence-electron chi connectivity index (χ2n) is 4.12. The maximum atomic E-state index is 11.1. The Kier molecular flexibility index (Phi) is 3.81. The van der Waals surface area contributed by atoms with Crippen LogP contribution in [0.3, 0.4) is 0 Å². The highest BCUT2D eigenvalue weighted by molar-refractivity contribution is 5.73. The summed E-state index contributed by atoms with van der Waals surface area (Å²) in [6.45, 7) is 4.00. The first kappa shape index (κ1) is 12.1. The van der Waals surface area contributed by atoms with Crippen molar-refractivity contribution in [2.24, 2.45) is 0 Å². The lowest BCUT2D eigenvalue weighted by atomic mass is 10.2. The van der Waals surface area contributed by atoms with Crippen LogP contribution in [0.25, 0.3) is 0 Å². The molecule has 2 rings (SSSR count). The Morgan fingerprint density at radius 2 is 2.29 bits per heavy atom. The zero-order valence-electron chi connectivity index (χ0n) is 9.89. The average Bonchev–Trinajstić information content (AvgIpc) is 2.77. The fraction of sp³-hybridized carbons (Fsp3) is 0.583. The lowest BCUT2D eigenvalue weighted by Crippen LogP contribution is -2.49. The lowest BCUT2D eigenvalue weighted by molar-refractivity contribution is -0.150. The molecule has 1 unspecified atom stereocenters. The van der Waals surface area contributed by atoms with Gasteiger partial charge in [-0.3, -0.25) is 9.69 Å². The van der Waals surface area contributed by atoms with E-state index in [1.54, 1.807) is 0 Å². The second kappa shape index (κ2) is 5.33. The van der Waals surface area contributed by atoms with Gasteiger partial charge in [0.2, 0.25) is 0 Å². The van der Waals surface area contributed by atoms with E-state index in [1.807, 2.05) is 24.0 Å². The van der Waals surface area contributed by atoms with Gasteiger partial charge in [-0.15, -0.1) is 0 Å². The molecular formula is C12H17NO4. The molecule has 0 saturated carbocycles. The van der Waals surface area contributed by atoms with E-state index in [1.165, 1.54) is 0 Å². The number of carbonyl (C=O) groups is 1. The molecule has 1 atom stereocenters. The monoisotopic (exact) mass is 239 g/mol. The predicted molar refractivity (Wildman–Crippen MR) is 60.7 cm³/mol. The van der Waals surface area contributed by atoms with Crippen molar-refractivity contribution in [2.75, 3.05) is 19.8 Å². The van der Waals surface area contributed by atoms with Gasteiger partial charge in [-0.25, -0.2) is 0 Å². The van der Waals surface area contributed by atoms with Gasteiger partial charge < -0.3 is 14.3 Å². The molecule has 5 heteroatoms. The number of aryl methyl sites for hydroxylation is 1. The number of carboxylic acid groups (broad SMARTS) is 1. The van der Waals surface area contributed by atoms with Gasteiger partial charge in [0.05, 0.1) is 19.8 Å². The molecule has 17 heavy (non-hydrogen) atoms. The molecule has 0 radical (unpaired) electrons. The minimum atomic E-state index is -0.841. The largest absolute Gasteiger partial charge is 0.480 e. The van der Waals surface area contributed by atoms with E-state index in [2.05, 4.69) is 0 Å². The normalized spacial score (nSPS) is 21.6. The molecule has 0 spiro atoms.